The molecule has 0 atom stereocenters. The van der Waals surface area contributed by atoms with Crippen molar-refractivity contribution in [2.45, 2.75) is 39.2 Å². The van der Waals surface area contributed by atoms with Crippen molar-refractivity contribution in [2.24, 2.45) is 0 Å². The molecule has 4 nitrogen and oxygen atoms in total. The molecule has 1 aromatic heterocycles. The lowest BCUT2D eigenvalue weighted by Gasteiger charge is -2.18. The molecule has 1 rings (SSSR count). The first kappa shape index (κ1) is 13.2. The van der Waals surface area contributed by atoms with Gasteiger partial charge in [0.1, 0.15) is 5.60 Å². The number of nitrogens with zero attached hydrogens (tertiary/aromatic N) is 1. The lowest BCUT2D eigenvalue weighted by Crippen LogP contribution is -2.18. The van der Waals surface area contributed by atoms with Crippen LogP contribution in [-0.2, 0) is 16.8 Å². The van der Waals surface area contributed by atoms with Gasteiger partial charge in [0, 0.05) is 13.5 Å². The maximum Gasteiger partial charge on any atom is 0.194 e. The predicted octanol–water partition coefficient (Wildman–Crippen LogP) is 2.10. The highest BCUT2D eigenvalue weighted by Gasteiger charge is 2.24. The van der Waals surface area contributed by atoms with Crippen LogP contribution in [0.1, 0.15) is 38.8 Å². The first-order chi connectivity index (χ1) is 7.60. The molecule has 0 spiro atoms. The van der Waals surface area contributed by atoms with Crippen LogP contribution in [0.2, 0.25) is 0 Å². The van der Waals surface area contributed by atoms with E-state index < -0.39 is 5.60 Å². The lowest BCUT2D eigenvalue weighted by molar-refractivity contribution is 0.0000958. The zero-order valence-electron chi connectivity index (χ0n) is 10.7. The van der Waals surface area contributed by atoms with Gasteiger partial charge in [-0.2, -0.15) is 0 Å². The second-order valence-corrected chi connectivity index (χ2v) is 4.29. The van der Waals surface area contributed by atoms with Crippen LogP contribution in [0.5, 0.6) is 0 Å². The van der Waals surface area contributed by atoms with Crippen molar-refractivity contribution >= 4 is 0 Å². The summed E-state index contributed by atoms with van der Waals surface area (Å²) in [6.07, 6.45) is 3.67. The van der Waals surface area contributed by atoms with Gasteiger partial charge in [0.25, 0.3) is 0 Å². The molecule has 0 aliphatic heterocycles. The Kier molecular flexibility index (Phi) is 4.96. The van der Waals surface area contributed by atoms with Crippen molar-refractivity contribution < 1.29 is 9.15 Å². The fourth-order valence-corrected chi connectivity index (χ4v) is 1.35. The monoisotopic (exact) mass is 226 g/mol. The summed E-state index contributed by atoms with van der Waals surface area (Å²) in [5, 5.41) is 3.27. The van der Waals surface area contributed by atoms with E-state index in [1.165, 1.54) is 0 Å². The van der Waals surface area contributed by atoms with Gasteiger partial charge in [0.2, 0.25) is 0 Å². The first-order valence-electron chi connectivity index (χ1n) is 5.81. The van der Waals surface area contributed by atoms with E-state index in [2.05, 4.69) is 17.2 Å². The molecule has 16 heavy (non-hydrogen) atoms. The average molecular weight is 226 g/mol. The normalized spacial score (nSPS) is 12.0. The molecule has 0 radical (unpaired) electrons. The zero-order chi connectivity index (χ0) is 12.0. The highest BCUT2D eigenvalue weighted by Crippen LogP contribution is 2.24. The fraction of sp³-hybridized carbons (Fsp3) is 0.750. The molecule has 0 saturated heterocycles. The Morgan fingerprint density at radius 3 is 2.88 bits per heavy atom. The molecule has 0 aromatic carbocycles. The Morgan fingerprint density at radius 1 is 1.50 bits per heavy atom. The molecule has 4 heteroatoms. The van der Waals surface area contributed by atoms with Gasteiger partial charge in [-0.3, -0.25) is 0 Å². The molecule has 0 unspecified atom stereocenters. The molecular formula is C12H22N2O2. The number of oxazole rings is 1. The number of hydrogen-bond donors (Lipinski definition) is 1. The van der Waals surface area contributed by atoms with Gasteiger partial charge in [-0.25, -0.2) is 4.98 Å². The second-order valence-electron chi connectivity index (χ2n) is 4.29. The van der Waals surface area contributed by atoms with Crippen molar-refractivity contribution in [1.82, 2.24) is 10.3 Å². The topological polar surface area (TPSA) is 47.3 Å². The molecule has 0 aliphatic rings. The Balaban J connectivity index is 2.45. The van der Waals surface area contributed by atoms with E-state index >= 15 is 0 Å². The molecule has 92 valence electrons. The molecule has 1 aromatic rings. The maximum atomic E-state index is 5.66. The molecule has 0 aliphatic carbocycles. The Labute approximate surface area is 97.4 Å². The molecule has 0 amide bonds. The fourth-order valence-electron chi connectivity index (χ4n) is 1.35. The third-order valence-electron chi connectivity index (χ3n) is 2.65. The van der Waals surface area contributed by atoms with Gasteiger partial charge in [0.15, 0.2) is 11.7 Å². The number of hydrogen-bond acceptors (Lipinski definition) is 4. The summed E-state index contributed by atoms with van der Waals surface area (Å²) in [5.74, 6) is 1.58. The number of nitrogens with one attached hydrogen (secondary N) is 1. The van der Waals surface area contributed by atoms with E-state index in [1.54, 1.807) is 13.3 Å². The van der Waals surface area contributed by atoms with Crippen LogP contribution < -0.4 is 5.32 Å². The largest absolute Gasteiger partial charge is 0.443 e. The van der Waals surface area contributed by atoms with Gasteiger partial charge in [-0.15, -0.1) is 0 Å². The third-order valence-corrected chi connectivity index (χ3v) is 2.65. The van der Waals surface area contributed by atoms with Gasteiger partial charge >= 0.3 is 0 Å². The number of aryl methyl sites for hydroxylation is 1. The van der Waals surface area contributed by atoms with Crippen LogP contribution in [0.25, 0.3) is 0 Å². The highest BCUT2D eigenvalue weighted by atomic mass is 16.5. The van der Waals surface area contributed by atoms with Crippen molar-refractivity contribution in [2.75, 3.05) is 20.2 Å². The summed E-state index contributed by atoms with van der Waals surface area (Å²) in [4.78, 5) is 4.25. The minimum atomic E-state index is -0.396. The van der Waals surface area contributed by atoms with Crippen LogP contribution in [0, 0.1) is 0 Å². The van der Waals surface area contributed by atoms with E-state index in [4.69, 9.17) is 9.15 Å². The molecule has 0 fully saturated rings. The Bertz CT molecular complexity index is 308. The minimum absolute atomic E-state index is 0.396. The smallest absolute Gasteiger partial charge is 0.194 e. The number of ether oxygens (including phenoxy) is 1. The van der Waals surface area contributed by atoms with E-state index in [0.29, 0.717) is 0 Å². The minimum Gasteiger partial charge on any atom is -0.443 e. The third kappa shape index (κ3) is 3.61. The van der Waals surface area contributed by atoms with E-state index in [1.807, 2.05) is 13.8 Å². The number of aromatic nitrogens is 1. The van der Waals surface area contributed by atoms with E-state index in [0.717, 1.165) is 37.6 Å². The molecular weight excluding hydrogens is 204 g/mol. The standard InChI is InChI=1S/C12H22N2O2/c1-5-13-8-6-7-11-14-9-10(16-11)12(2,3)15-4/h9,13H,5-8H2,1-4H3. The van der Waals surface area contributed by atoms with Crippen LogP contribution in [0.3, 0.4) is 0 Å². The summed E-state index contributed by atoms with van der Waals surface area (Å²) < 4.78 is 11.0. The predicted molar refractivity (Wildman–Crippen MR) is 63.4 cm³/mol. The second kappa shape index (κ2) is 6.01. The van der Waals surface area contributed by atoms with E-state index in [9.17, 15) is 0 Å². The van der Waals surface area contributed by atoms with E-state index in [-0.39, 0.29) is 0 Å². The quantitative estimate of drug-likeness (QED) is 0.723. The zero-order valence-corrected chi connectivity index (χ0v) is 10.7. The molecule has 0 bridgehead atoms. The van der Waals surface area contributed by atoms with Crippen molar-refractivity contribution in [3.8, 4) is 0 Å². The maximum absolute atomic E-state index is 5.66. The SMILES string of the molecule is CCNCCCc1ncc(C(C)(C)OC)o1. The summed E-state index contributed by atoms with van der Waals surface area (Å²) in [5.41, 5.74) is -0.396. The number of methoxy groups -OCH3 is 1. The van der Waals surface area contributed by atoms with Gasteiger partial charge in [-0.05, 0) is 33.4 Å². The Morgan fingerprint density at radius 2 is 2.25 bits per heavy atom. The number of rotatable bonds is 7. The van der Waals surface area contributed by atoms with Gasteiger partial charge in [-0.1, -0.05) is 6.92 Å². The van der Waals surface area contributed by atoms with Crippen molar-refractivity contribution in [3.63, 3.8) is 0 Å². The summed E-state index contributed by atoms with van der Waals surface area (Å²) in [6, 6.07) is 0. The van der Waals surface area contributed by atoms with Crippen LogP contribution >= 0.6 is 0 Å². The van der Waals surface area contributed by atoms with Crippen molar-refractivity contribution in [1.29, 1.82) is 0 Å². The first-order valence-corrected chi connectivity index (χ1v) is 5.81. The molecule has 1 N–H and O–H groups in total. The highest BCUT2D eigenvalue weighted by molar-refractivity contribution is 5.03. The lowest BCUT2D eigenvalue weighted by atomic mass is 10.1. The van der Waals surface area contributed by atoms with Crippen LogP contribution in [0.4, 0.5) is 0 Å². The Hall–Kier alpha value is -0.870. The average Bonchev–Trinajstić information content (AvgIpc) is 2.74. The molecule has 1 heterocycles. The summed E-state index contributed by atoms with van der Waals surface area (Å²) in [6.45, 7) is 8.05. The van der Waals surface area contributed by atoms with Gasteiger partial charge < -0.3 is 14.5 Å². The summed E-state index contributed by atoms with van der Waals surface area (Å²) in [7, 11) is 1.67. The molecule has 0 saturated carbocycles. The van der Waals surface area contributed by atoms with Crippen LogP contribution in [0.15, 0.2) is 10.6 Å². The van der Waals surface area contributed by atoms with Crippen LogP contribution in [-0.4, -0.2) is 25.2 Å². The van der Waals surface area contributed by atoms with Crippen molar-refractivity contribution in [3.05, 3.63) is 17.8 Å². The summed E-state index contributed by atoms with van der Waals surface area (Å²) >= 11 is 0. The van der Waals surface area contributed by atoms with Gasteiger partial charge in [0.05, 0.1) is 6.20 Å².